The van der Waals surface area contributed by atoms with Gasteiger partial charge in [0.2, 0.25) is 0 Å². The van der Waals surface area contributed by atoms with E-state index >= 15 is 0 Å². The molecule has 4 heteroatoms. The van der Waals surface area contributed by atoms with E-state index in [2.05, 4.69) is 59.4 Å². The number of hydrogen-bond acceptors (Lipinski definition) is 2. The standard InChI is InChI=1S/C15H20BrN3/c1-15(2,3)14-11(10-19(4)18-14)9-17-13-8-6-5-7-12(13)16/h5-8,10,17H,9H2,1-4H3. The average molecular weight is 322 g/mol. The molecular formula is C15H20BrN3. The summed E-state index contributed by atoms with van der Waals surface area (Å²) in [5.41, 5.74) is 3.55. The first-order valence-electron chi connectivity index (χ1n) is 6.39. The van der Waals surface area contributed by atoms with Crippen molar-refractivity contribution in [3.63, 3.8) is 0 Å². The number of aromatic nitrogens is 2. The van der Waals surface area contributed by atoms with E-state index in [-0.39, 0.29) is 5.41 Å². The number of hydrogen-bond donors (Lipinski definition) is 1. The molecule has 0 unspecified atom stereocenters. The summed E-state index contributed by atoms with van der Waals surface area (Å²) in [6.45, 7) is 7.36. The summed E-state index contributed by atoms with van der Waals surface area (Å²) >= 11 is 3.55. The Kier molecular flexibility index (Phi) is 3.99. The summed E-state index contributed by atoms with van der Waals surface area (Å²) in [7, 11) is 1.97. The van der Waals surface area contributed by atoms with Gasteiger partial charge in [-0.05, 0) is 28.1 Å². The number of aryl methyl sites for hydroxylation is 1. The maximum Gasteiger partial charge on any atom is 0.0727 e. The fourth-order valence-electron chi connectivity index (χ4n) is 2.09. The highest BCUT2D eigenvalue weighted by atomic mass is 79.9. The van der Waals surface area contributed by atoms with Crippen LogP contribution in [0.5, 0.6) is 0 Å². The second kappa shape index (κ2) is 5.37. The van der Waals surface area contributed by atoms with Crippen molar-refractivity contribution in [1.29, 1.82) is 0 Å². The molecule has 0 spiro atoms. The largest absolute Gasteiger partial charge is 0.380 e. The number of rotatable bonds is 3. The first-order valence-corrected chi connectivity index (χ1v) is 7.18. The van der Waals surface area contributed by atoms with Crippen LogP contribution in [-0.2, 0) is 19.0 Å². The van der Waals surface area contributed by atoms with Crippen LogP contribution in [-0.4, -0.2) is 9.78 Å². The number of nitrogens with zero attached hydrogens (tertiary/aromatic N) is 2. The van der Waals surface area contributed by atoms with Gasteiger partial charge < -0.3 is 5.32 Å². The Hall–Kier alpha value is -1.29. The highest BCUT2D eigenvalue weighted by Gasteiger charge is 2.21. The van der Waals surface area contributed by atoms with Crippen molar-refractivity contribution in [2.45, 2.75) is 32.7 Å². The molecule has 0 aliphatic carbocycles. The zero-order valence-electron chi connectivity index (χ0n) is 11.9. The minimum absolute atomic E-state index is 0.0617. The van der Waals surface area contributed by atoms with E-state index in [1.54, 1.807) is 0 Å². The van der Waals surface area contributed by atoms with Crippen LogP contribution in [0.15, 0.2) is 34.9 Å². The van der Waals surface area contributed by atoms with Crippen molar-refractivity contribution in [2.75, 3.05) is 5.32 Å². The lowest BCUT2D eigenvalue weighted by molar-refractivity contribution is 0.549. The number of benzene rings is 1. The molecule has 1 aromatic heterocycles. The predicted molar refractivity (Wildman–Crippen MR) is 83.4 cm³/mol. The molecule has 0 fully saturated rings. The molecule has 3 nitrogen and oxygen atoms in total. The molecule has 1 aromatic carbocycles. The van der Waals surface area contributed by atoms with E-state index in [0.717, 1.165) is 22.4 Å². The molecule has 0 saturated heterocycles. The van der Waals surface area contributed by atoms with Crippen molar-refractivity contribution in [3.05, 3.63) is 46.2 Å². The highest BCUT2D eigenvalue weighted by Crippen LogP contribution is 2.26. The zero-order valence-corrected chi connectivity index (χ0v) is 13.5. The summed E-state index contributed by atoms with van der Waals surface area (Å²) in [4.78, 5) is 0. The Labute approximate surface area is 123 Å². The van der Waals surface area contributed by atoms with E-state index in [1.807, 2.05) is 29.9 Å². The predicted octanol–water partition coefficient (Wildman–Crippen LogP) is 4.09. The van der Waals surface area contributed by atoms with Crippen molar-refractivity contribution < 1.29 is 0 Å². The Bertz CT molecular complexity index is 567. The molecule has 0 atom stereocenters. The minimum Gasteiger partial charge on any atom is -0.380 e. The number of anilines is 1. The minimum atomic E-state index is 0.0617. The first-order chi connectivity index (χ1) is 8.88. The molecule has 0 radical (unpaired) electrons. The van der Waals surface area contributed by atoms with Crippen LogP contribution in [0.25, 0.3) is 0 Å². The molecule has 2 rings (SSSR count). The molecule has 0 aliphatic heterocycles. The van der Waals surface area contributed by atoms with E-state index < -0.39 is 0 Å². The molecule has 0 amide bonds. The Balaban J connectivity index is 2.19. The lowest BCUT2D eigenvalue weighted by Gasteiger charge is -2.18. The average Bonchev–Trinajstić information content (AvgIpc) is 2.69. The van der Waals surface area contributed by atoms with E-state index in [9.17, 15) is 0 Å². The van der Waals surface area contributed by atoms with Crippen LogP contribution in [0.2, 0.25) is 0 Å². The van der Waals surface area contributed by atoms with Gasteiger partial charge in [-0.2, -0.15) is 5.10 Å². The fourth-order valence-corrected chi connectivity index (χ4v) is 2.52. The van der Waals surface area contributed by atoms with Crippen molar-refractivity contribution in [2.24, 2.45) is 7.05 Å². The summed E-state index contributed by atoms with van der Waals surface area (Å²) in [5, 5.41) is 8.04. The van der Waals surface area contributed by atoms with Crippen molar-refractivity contribution in [3.8, 4) is 0 Å². The smallest absolute Gasteiger partial charge is 0.0727 e. The van der Waals surface area contributed by atoms with E-state index in [0.29, 0.717) is 0 Å². The van der Waals surface area contributed by atoms with Crippen LogP contribution in [0.3, 0.4) is 0 Å². The third-order valence-corrected chi connectivity index (χ3v) is 3.65. The molecule has 0 bridgehead atoms. The van der Waals surface area contributed by atoms with Gasteiger partial charge in [-0.1, -0.05) is 32.9 Å². The van der Waals surface area contributed by atoms with Crippen molar-refractivity contribution in [1.82, 2.24) is 9.78 Å². The topological polar surface area (TPSA) is 29.9 Å². The molecule has 2 aromatic rings. The molecular weight excluding hydrogens is 302 g/mol. The summed E-state index contributed by atoms with van der Waals surface area (Å²) < 4.78 is 2.97. The number of halogens is 1. The van der Waals surface area contributed by atoms with Gasteiger partial charge in [0.1, 0.15) is 0 Å². The monoisotopic (exact) mass is 321 g/mol. The van der Waals surface area contributed by atoms with Gasteiger partial charge >= 0.3 is 0 Å². The van der Waals surface area contributed by atoms with Gasteiger partial charge in [0.05, 0.1) is 5.69 Å². The Morgan fingerprint density at radius 2 is 1.95 bits per heavy atom. The van der Waals surface area contributed by atoms with Gasteiger partial charge in [-0.3, -0.25) is 4.68 Å². The quantitative estimate of drug-likeness (QED) is 0.922. The number of nitrogens with one attached hydrogen (secondary N) is 1. The van der Waals surface area contributed by atoms with Gasteiger partial charge in [0.15, 0.2) is 0 Å². The molecule has 1 heterocycles. The van der Waals surface area contributed by atoms with Gasteiger partial charge in [-0.25, -0.2) is 0 Å². The van der Waals surface area contributed by atoms with Gasteiger partial charge in [-0.15, -0.1) is 0 Å². The molecule has 19 heavy (non-hydrogen) atoms. The summed E-state index contributed by atoms with van der Waals surface area (Å²) in [6, 6.07) is 8.15. The Morgan fingerprint density at radius 3 is 2.58 bits per heavy atom. The fraction of sp³-hybridized carbons (Fsp3) is 0.400. The maximum absolute atomic E-state index is 4.58. The lowest BCUT2D eigenvalue weighted by atomic mass is 9.89. The maximum atomic E-state index is 4.58. The van der Waals surface area contributed by atoms with E-state index in [1.165, 1.54) is 5.56 Å². The van der Waals surface area contributed by atoms with Crippen molar-refractivity contribution >= 4 is 21.6 Å². The van der Waals surface area contributed by atoms with Crippen LogP contribution >= 0.6 is 15.9 Å². The second-order valence-electron chi connectivity index (χ2n) is 5.76. The SMILES string of the molecule is Cn1cc(CNc2ccccc2Br)c(C(C)(C)C)n1. The van der Waals surface area contributed by atoms with Gasteiger partial charge in [0.25, 0.3) is 0 Å². The van der Waals surface area contributed by atoms with Gasteiger partial charge in [0, 0.05) is 40.9 Å². The highest BCUT2D eigenvalue weighted by molar-refractivity contribution is 9.10. The van der Waals surface area contributed by atoms with Crippen LogP contribution < -0.4 is 5.32 Å². The number of para-hydroxylation sites is 1. The first kappa shape index (κ1) is 14.1. The van der Waals surface area contributed by atoms with Crippen LogP contribution in [0, 0.1) is 0 Å². The summed E-state index contributed by atoms with van der Waals surface area (Å²) in [5.74, 6) is 0. The van der Waals surface area contributed by atoms with Crippen LogP contribution in [0.4, 0.5) is 5.69 Å². The van der Waals surface area contributed by atoms with E-state index in [4.69, 9.17) is 0 Å². The molecule has 102 valence electrons. The normalized spacial score (nSPS) is 11.6. The summed E-state index contributed by atoms with van der Waals surface area (Å²) in [6.07, 6.45) is 2.09. The van der Waals surface area contributed by atoms with Crippen LogP contribution in [0.1, 0.15) is 32.0 Å². The zero-order chi connectivity index (χ0) is 14.0. The molecule has 0 saturated carbocycles. The third kappa shape index (κ3) is 3.38. The molecule has 1 N–H and O–H groups in total. The third-order valence-electron chi connectivity index (χ3n) is 2.96. The Morgan fingerprint density at radius 1 is 1.26 bits per heavy atom. The lowest BCUT2D eigenvalue weighted by Crippen LogP contribution is -2.16. The second-order valence-corrected chi connectivity index (χ2v) is 6.61. The molecule has 0 aliphatic rings.